The average molecular weight is 280 g/mol. The molecule has 1 unspecified atom stereocenters. The van der Waals surface area contributed by atoms with Crippen LogP contribution in [-0.4, -0.2) is 8.42 Å². The second-order valence-corrected chi connectivity index (χ2v) is 6.27. The number of nitrogens with one attached hydrogen (secondary N) is 1. The second-order valence-electron chi connectivity index (χ2n) is 4.15. The van der Waals surface area contributed by atoms with Crippen LogP contribution in [0.15, 0.2) is 53.4 Å². The summed E-state index contributed by atoms with van der Waals surface area (Å²) in [5.74, 6) is 0. The maximum Gasteiger partial charge on any atom is 0.241 e. The summed E-state index contributed by atoms with van der Waals surface area (Å²) in [7, 11) is -3.43. The molecule has 5 heteroatoms. The van der Waals surface area contributed by atoms with Gasteiger partial charge in [-0.05, 0) is 29.3 Å². The first-order valence-electron chi connectivity index (χ1n) is 5.45. The molecule has 1 N–H and O–H groups in total. The van der Waals surface area contributed by atoms with Gasteiger partial charge in [0, 0.05) is 5.02 Å². The van der Waals surface area contributed by atoms with Crippen molar-refractivity contribution in [1.29, 1.82) is 0 Å². The zero-order valence-corrected chi connectivity index (χ0v) is 10.9. The largest absolute Gasteiger partial charge is 0.241 e. The van der Waals surface area contributed by atoms with Crippen molar-refractivity contribution in [2.24, 2.45) is 0 Å². The molecule has 1 aliphatic heterocycles. The lowest BCUT2D eigenvalue weighted by atomic mass is 10.00. The molecule has 0 spiro atoms. The van der Waals surface area contributed by atoms with Crippen LogP contribution >= 0.6 is 11.6 Å². The van der Waals surface area contributed by atoms with Gasteiger partial charge in [0.2, 0.25) is 10.0 Å². The lowest BCUT2D eigenvalue weighted by Gasteiger charge is -2.10. The topological polar surface area (TPSA) is 46.2 Å². The molecule has 0 aliphatic carbocycles. The summed E-state index contributed by atoms with van der Waals surface area (Å²) in [6, 6.07) is 13.9. The van der Waals surface area contributed by atoms with Crippen molar-refractivity contribution in [3.8, 4) is 0 Å². The van der Waals surface area contributed by atoms with E-state index < -0.39 is 10.0 Å². The molecule has 2 aromatic rings. The summed E-state index contributed by atoms with van der Waals surface area (Å²) in [5.41, 5.74) is 1.61. The molecule has 2 aromatic carbocycles. The fourth-order valence-electron chi connectivity index (χ4n) is 2.16. The Morgan fingerprint density at radius 2 is 1.78 bits per heavy atom. The summed E-state index contributed by atoms with van der Waals surface area (Å²) in [6.45, 7) is 0. The Kier molecular flexibility index (Phi) is 2.66. The monoisotopic (exact) mass is 279 g/mol. The Balaban J connectivity index is 2.20. The van der Waals surface area contributed by atoms with Gasteiger partial charge >= 0.3 is 0 Å². The highest BCUT2D eigenvalue weighted by Gasteiger charge is 2.34. The molecule has 0 radical (unpaired) electrons. The van der Waals surface area contributed by atoms with Crippen molar-refractivity contribution in [2.75, 3.05) is 0 Å². The van der Waals surface area contributed by atoms with Crippen LogP contribution in [0.4, 0.5) is 0 Å². The van der Waals surface area contributed by atoms with Crippen molar-refractivity contribution in [3.63, 3.8) is 0 Å². The van der Waals surface area contributed by atoms with Crippen LogP contribution in [-0.2, 0) is 10.0 Å². The molecule has 1 heterocycles. The SMILES string of the molecule is O=S1(=O)NC(c2ccccc2)c2cc(Cl)ccc21. The second kappa shape index (κ2) is 4.09. The summed E-state index contributed by atoms with van der Waals surface area (Å²) >= 11 is 5.95. The minimum absolute atomic E-state index is 0.306. The Labute approximate surface area is 110 Å². The van der Waals surface area contributed by atoms with E-state index in [1.165, 1.54) is 0 Å². The third-order valence-electron chi connectivity index (χ3n) is 2.98. The van der Waals surface area contributed by atoms with Gasteiger partial charge in [-0.25, -0.2) is 8.42 Å². The number of rotatable bonds is 1. The van der Waals surface area contributed by atoms with Crippen LogP contribution in [0.1, 0.15) is 17.2 Å². The van der Waals surface area contributed by atoms with Gasteiger partial charge in [-0.15, -0.1) is 0 Å². The molecule has 0 saturated carbocycles. The van der Waals surface area contributed by atoms with E-state index in [4.69, 9.17) is 11.6 Å². The van der Waals surface area contributed by atoms with E-state index in [1.54, 1.807) is 18.2 Å². The van der Waals surface area contributed by atoms with Crippen LogP contribution in [0.2, 0.25) is 5.02 Å². The van der Waals surface area contributed by atoms with Crippen molar-refractivity contribution >= 4 is 21.6 Å². The highest BCUT2D eigenvalue weighted by atomic mass is 35.5. The fraction of sp³-hybridized carbons (Fsp3) is 0.0769. The molecule has 0 fully saturated rings. The lowest BCUT2D eigenvalue weighted by Crippen LogP contribution is -2.20. The Bertz CT molecular complexity index is 698. The van der Waals surface area contributed by atoms with Gasteiger partial charge in [0.25, 0.3) is 0 Å². The van der Waals surface area contributed by atoms with E-state index in [0.29, 0.717) is 15.5 Å². The summed E-state index contributed by atoms with van der Waals surface area (Å²) < 4.78 is 26.6. The molecular formula is C13H10ClNO2S. The fourth-order valence-corrected chi connectivity index (χ4v) is 3.78. The zero-order valence-electron chi connectivity index (χ0n) is 9.30. The third-order valence-corrected chi connectivity index (χ3v) is 4.71. The van der Waals surface area contributed by atoms with Crippen molar-refractivity contribution < 1.29 is 8.42 Å². The minimum Gasteiger partial charge on any atom is -0.207 e. The predicted molar refractivity (Wildman–Crippen MR) is 70.1 cm³/mol. The van der Waals surface area contributed by atoms with Crippen molar-refractivity contribution in [1.82, 2.24) is 4.72 Å². The number of halogens is 1. The van der Waals surface area contributed by atoms with Gasteiger partial charge in [-0.3, -0.25) is 0 Å². The number of hydrogen-bond acceptors (Lipinski definition) is 2. The van der Waals surface area contributed by atoms with Gasteiger partial charge < -0.3 is 0 Å². The molecule has 1 atom stereocenters. The first-order valence-corrected chi connectivity index (χ1v) is 7.31. The molecule has 0 saturated heterocycles. The maximum atomic E-state index is 12.0. The van der Waals surface area contributed by atoms with E-state index >= 15 is 0 Å². The van der Waals surface area contributed by atoms with Gasteiger partial charge in [-0.2, -0.15) is 4.72 Å². The average Bonchev–Trinajstić information content (AvgIpc) is 2.62. The van der Waals surface area contributed by atoms with Crippen LogP contribution < -0.4 is 4.72 Å². The van der Waals surface area contributed by atoms with Crippen LogP contribution in [0, 0.1) is 0 Å². The van der Waals surface area contributed by atoms with Crippen molar-refractivity contribution in [3.05, 3.63) is 64.7 Å². The minimum atomic E-state index is -3.43. The van der Waals surface area contributed by atoms with Crippen LogP contribution in [0.5, 0.6) is 0 Å². The van der Waals surface area contributed by atoms with Crippen LogP contribution in [0.25, 0.3) is 0 Å². The van der Waals surface area contributed by atoms with Gasteiger partial charge in [0.15, 0.2) is 0 Å². The van der Waals surface area contributed by atoms with Gasteiger partial charge in [0.1, 0.15) is 0 Å². The molecule has 0 amide bonds. The van der Waals surface area contributed by atoms with E-state index in [0.717, 1.165) is 5.56 Å². The summed E-state index contributed by atoms with van der Waals surface area (Å²) in [4.78, 5) is 0.306. The smallest absolute Gasteiger partial charge is 0.207 e. The molecule has 0 bridgehead atoms. The molecule has 92 valence electrons. The third kappa shape index (κ3) is 1.82. The zero-order chi connectivity index (χ0) is 12.8. The molecule has 3 nitrogen and oxygen atoms in total. The molecule has 1 aliphatic rings. The van der Waals surface area contributed by atoms with Crippen molar-refractivity contribution in [2.45, 2.75) is 10.9 Å². The van der Waals surface area contributed by atoms with Gasteiger partial charge in [-0.1, -0.05) is 41.9 Å². The predicted octanol–water partition coefficient (Wildman–Crippen LogP) is 2.72. The van der Waals surface area contributed by atoms with E-state index in [1.807, 2.05) is 30.3 Å². The normalized spacial score (nSPS) is 20.6. The highest BCUT2D eigenvalue weighted by molar-refractivity contribution is 7.89. The van der Waals surface area contributed by atoms with E-state index in [-0.39, 0.29) is 6.04 Å². The number of benzene rings is 2. The standard InChI is InChI=1S/C13H10ClNO2S/c14-10-6-7-12-11(8-10)13(15-18(12,16)17)9-4-2-1-3-5-9/h1-8,13,15H. The quantitative estimate of drug-likeness (QED) is 0.872. The Hall–Kier alpha value is -1.36. The highest BCUT2D eigenvalue weighted by Crippen LogP contribution is 2.36. The molecule has 18 heavy (non-hydrogen) atoms. The first kappa shape index (κ1) is 11.7. The van der Waals surface area contributed by atoms with Gasteiger partial charge in [0.05, 0.1) is 10.9 Å². The number of sulfonamides is 1. The molecule has 3 rings (SSSR count). The number of hydrogen-bond donors (Lipinski definition) is 1. The Morgan fingerprint density at radius 1 is 1.06 bits per heavy atom. The molecular weight excluding hydrogens is 270 g/mol. The molecule has 0 aromatic heterocycles. The lowest BCUT2D eigenvalue weighted by molar-refractivity contribution is 0.585. The van der Waals surface area contributed by atoms with Crippen LogP contribution in [0.3, 0.4) is 0 Å². The summed E-state index contributed by atoms with van der Waals surface area (Å²) in [5, 5.41) is 0.536. The number of fused-ring (bicyclic) bond motifs is 1. The maximum absolute atomic E-state index is 12.0. The van der Waals surface area contributed by atoms with E-state index in [2.05, 4.69) is 4.72 Å². The summed E-state index contributed by atoms with van der Waals surface area (Å²) in [6.07, 6.45) is 0. The first-order chi connectivity index (χ1) is 8.58. The van der Waals surface area contributed by atoms with E-state index in [9.17, 15) is 8.42 Å². The Morgan fingerprint density at radius 3 is 2.50 bits per heavy atom.